The third-order valence-corrected chi connectivity index (χ3v) is 4.75. The number of carbonyl (C=O) groups excluding carboxylic acids is 1. The molecule has 0 spiro atoms. The van der Waals surface area contributed by atoms with Crippen molar-refractivity contribution in [2.75, 3.05) is 37.0 Å². The summed E-state index contributed by atoms with van der Waals surface area (Å²) in [7, 11) is -1.47. The van der Waals surface area contributed by atoms with Gasteiger partial charge in [-0.05, 0) is 13.0 Å². The number of pyridine rings is 1. The molecule has 0 aliphatic carbocycles. The molecule has 1 aromatic heterocycles. The molecule has 20 heavy (non-hydrogen) atoms. The molecule has 2 rings (SSSR count). The highest BCUT2D eigenvalue weighted by Crippen LogP contribution is 2.17. The van der Waals surface area contributed by atoms with Crippen molar-refractivity contribution in [1.29, 1.82) is 0 Å². The molecular formula is C12H17N3O4S. The van der Waals surface area contributed by atoms with E-state index in [9.17, 15) is 13.2 Å². The number of urea groups is 1. The average molecular weight is 299 g/mol. The van der Waals surface area contributed by atoms with Crippen LogP contribution in [0.15, 0.2) is 12.1 Å². The molecule has 1 saturated heterocycles. The quantitative estimate of drug-likeness (QED) is 0.866. The predicted molar refractivity (Wildman–Crippen MR) is 74.8 cm³/mol. The Morgan fingerprint density at radius 1 is 1.35 bits per heavy atom. The van der Waals surface area contributed by atoms with Crippen molar-refractivity contribution in [3.63, 3.8) is 0 Å². The number of hydrogen-bond acceptors (Lipinski definition) is 5. The second-order valence-corrected chi connectivity index (χ2v) is 6.86. The van der Waals surface area contributed by atoms with Gasteiger partial charge in [-0.1, -0.05) is 0 Å². The summed E-state index contributed by atoms with van der Waals surface area (Å²) < 4.78 is 27.6. The van der Waals surface area contributed by atoms with Crippen LogP contribution in [0.4, 0.5) is 10.5 Å². The molecule has 7 nitrogen and oxygen atoms in total. The van der Waals surface area contributed by atoms with Gasteiger partial charge >= 0.3 is 6.03 Å². The minimum atomic E-state index is -2.99. The third kappa shape index (κ3) is 3.38. The predicted octanol–water partition coefficient (Wildman–Crippen LogP) is 0.661. The first kappa shape index (κ1) is 14.6. The molecule has 0 unspecified atom stereocenters. The average Bonchev–Trinajstić information content (AvgIpc) is 2.40. The van der Waals surface area contributed by atoms with Gasteiger partial charge < -0.3 is 15.0 Å². The number of nitrogens with one attached hydrogen (secondary N) is 1. The van der Waals surface area contributed by atoms with Crippen molar-refractivity contribution in [2.24, 2.45) is 0 Å². The molecule has 0 aromatic carbocycles. The lowest BCUT2D eigenvalue weighted by Gasteiger charge is -2.27. The van der Waals surface area contributed by atoms with Crippen molar-refractivity contribution in [2.45, 2.75) is 6.92 Å². The van der Waals surface area contributed by atoms with Crippen molar-refractivity contribution < 1.29 is 17.9 Å². The first-order valence-corrected chi connectivity index (χ1v) is 8.01. The summed E-state index contributed by atoms with van der Waals surface area (Å²) in [4.78, 5) is 17.7. The summed E-state index contributed by atoms with van der Waals surface area (Å²) in [5.41, 5.74) is 1.23. The standard InChI is InChI=1S/C12H17N3O4S/c1-9-10(3-4-11(13-9)19-2)14-12(16)15-5-7-20(17,18)8-6-15/h3-4H,5-8H2,1-2H3,(H,14,16). The Morgan fingerprint density at radius 3 is 2.55 bits per heavy atom. The number of anilines is 1. The van der Waals surface area contributed by atoms with E-state index in [2.05, 4.69) is 10.3 Å². The van der Waals surface area contributed by atoms with Crippen LogP contribution in [0.25, 0.3) is 0 Å². The van der Waals surface area contributed by atoms with Gasteiger partial charge in [-0.25, -0.2) is 18.2 Å². The normalized spacial score (nSPS) is 17.6. The number of methoxy groups -OCH3 is 1. The Balaban J connectivity index is 2.02. The highest BCUT2D eigenvalue weighted by molar-refractivity contribution is 7.91. The van der Waals surface area contributed by atoms with E-state index in [4.69, 9.17) is 4.74 Å². The van der Waals surface area contributed by atoms with Crippen LogP contribution < -0.4 is 10.1 Å². The van der Waals surface area contributed by atoms with Gasteiger partial charge in [0.05, 0.1) is 30.0 Å². The number of aromatic nitrogens is 1. The zero-order valence-corrected chi connectivity index (χ0v) is 12.2. The molecule has 1 aliphatic rings. The van der Waals surface area contributed by atoms with Crippen molar-refractivity contribution in [3.05, 3.63) is 17.8 Å². The molecule has 0 bridgehead atoms. The second-order valence-electron chi connectivity index (χ2n) is 4.56. The Bertz CT molecular complexity index is 601. The number of hydrogen-bond donors (Lipinski definition) is 1. The van der Waals surface area contributed by atoms with Gasteiger partial charge in [-0.3, -0.25) is 0 Å². The topological polar surface area (TPSA) is 88.6 Å². The van der Waals surface area contributed by atoms with Crippen LogP contribution in [0, 0.1) is 6.92 Å². The SMILES string of the molecule is COc1ccc(NC(=O)N2CCS(=O)(=O)CC2)c(C)n1. The van der Waals surface area contributed by atoms with Crippen LogP contribution in [-0.2, 0) is 9.84 Å². The molecule has 1 fully saturated rings. The highest BCUT2D eigenvalue weighted by Gasteiger charge is 2.25. The number of carbonyl (C=O) groups is 1. The molecule has 0 radical (unpaired) electrons. The zero-order chi connectivity index (χ0) is 14.8. The maximum absolute atomic E-state index is 12.0. The van der Waals surface area contributed by atoms with Gasteiger partial charge in [0.25, 0.3) is 0 Å². The van der Waals surface area contributed by atoms with Crippen LogP contribution in [0.1, 0.15) is 5.69 Å². The Morgan fingerprint density at radius 2 is 2.00 bits per heavy atom. The number of ether oxygens (including phenoxy) is 1. The van der Waals surface area contributed by atoms with Crippen LogP contribution in [-0.4, -0.2) is 56.0 Å². The zero-order valence-electron chi connectivity index (χ0n) is 11.4. The number of aryl methyl sites for hydroxylation is 1. The van der Waals surface area contributed by atoms with E-state index < -0.39 is 9.84 Å². The largest absolute Gasteiger partial charge is 0.481 e. The lowest BCUT2D eigenvalue weighted by atomic mass is 10.3. The van der Waals surface area contributed by atoms with E-state index >= 15 is 0 Å². The van der Waals surface area contributed by atoms with Gasteiger partial charge in [-0.15, -0.1) is 0 Å². The van der Waals surface area contributed by atoms with Crippen LogP contribution in [0.5, 0.6) is 5.88 Å². The van der Waals surface area contributed by atoms with E-state index in [1.54, 1.807) is 19.1 Å². The van der Waals surface area contributed by atoms with Gasteiger partial charge in [0.15, 0.2) is 9.84 Å². The lowest BCUT2D eigenvalue weighted by molar-refractivity contribution is 0.216. The number of rotatable bonds is 2. The van der Waals surface area contributed by atoms with Gasteiger partial charge in [-0.2, -0.15) is 0 Å². The maximum atomic E-state index is 12.0. The fraction of sp³-hybridized carbons (Fsp3) is 0.500. The second kappa shape index (κ2) is 5.66. The third-order valence-electron chi connectivity index (χ3n) is 3.14. The van der Waals surface area contributed by atoms with E-state index in [-0.39, 0.29) is 30.6 Å². The Labute approximate surface area is 117 Å². The maximum Gasteiger partial charge on any atom is 0.321 e. The number of nitrogens with zero attached hydrogens (tertiary/aromatic N) is 2. The molecule has 2 heterocycles. The first-order chi connectivity index (χ1) is 9.41. The van der Waals surface area contributed by atoms with Gasteiger partial charge in [0, 0.05) is 19.2 Å². The van der Waals surface area contributed by atoms with Crippen molar-refractivity contribution in [1.82, 2.24) is 9.88 Å². The minimum absolute atomic E-state index is 0.0142. The van der Waals surface area contributed by atoms with Crippen LogP contribution in [0.2, 0.25) is 0 Å². The molecule has 8 heteroatoms. The smallest absolute Gasteiger partial charge is 0.321 e. The van der Waals surface area contributed by atoms with E-state index in [1.807, 2.05) is 0 Å². The van der Waals surface area contributed by atoms with Crippen molar-refractivity contribution in [3.8, 4) is 5.88 Å². The summed E-state index contributed by atoms with van der Waals surface area (Å²) in [6.45, 7) is 2.20. The fourth-order valence-corrected chi connectivity index (χ4v) is 3.09. The summed E-state index contributed by atoms with van der Waals surface area (Å²) >= 11 is 0. The number of sulfone groups is 1. The van der Waals surface area contributed by atoms with E-state index in [0.717, 1.165) is 0 Å². The minimum Gasteiger partial charge on any atom is -0.481 e. The molecule has 1 N–H and O–H groups in total. The molecule has 1 aromatic rings. The molecule has 2 amide bonds. The van der Waals surface area contributed by atoms with Crippen molar-refractivity contribution >= 4 is 21.6 Å². The Hall–Kier alpha value is -1.83. The van der Waals surface area contributed by atoms with E-state index in [0.29, 0.717) is 17.3 Å². The van der Waals surface area contributed by atoms with E-state index in [1.165, 1.54) is 12.0 Å². The van der Waals surface area contributed by atoms with Crippen LogP contribution >= 0.6 is 0 Å². The molecule has 1 aliphatic heterocycles. The summed E-state index contributed by atoms with van der Waals surface area (Å²) in [6, 6.07) is 3.05. The molecular weight excluding hydrogens is 282 g/mol. The highest BCUT2D eigenvalue weighted by atomic mass is 32.2. The Kier molecular flexibility index (Phi) is 4.12. The lowest BCUT2D eigenvalue weighted by Crippen LogP contribution is -2.45. The molecule has 0 saturated carbocycles. The fourth-order valence-electron chi connectivity index (χ4n) is 1.89. The van der Waals surface area contributed by atoms with Gasteiger partial charge in [0.2, 0.25) is 5.88 Å². The first-order valence-electron chi connectivity index (χ1n) is 6.19. The summed E-state index contributed by atoms with van der Waals surface area (Å²) in [5, 5.41) is 2.73. The molecule has 0 atom stereocenters. The molecule has 110 valence electrons. The van der Waals surface area contributed by atoms with Gasteiger partial charge in [0.1, 0.15) is 0 Å². The number of amides is 2. The monoisotopic (exact) mass is 299 g/mol. The van der Waals surface area contributed by atoms with Crippen LogP contribution in [0.3, 0.4) is 0 Å². The summed E-state index contributed by atoms with van der Waals surface area (Å²) in [6.07, 6.45) is 0. The summed E-state index contributed by atoms with van der Waals surface area (Å²) in [5.74, 6) is 0.505.